The molecule has 1 aromatic heterocycles. The van der Waals surface area contributed by atoms with Gasteiger partial charge in [0.25, 0.3) is 5.91 Å². The smallest absolute Gasteiger partial charge is 0.350 e. The van der Waals surface area contributed by atoms with Gasteiger partial charge in [-0.15, -0.1) is 0 Å². The van der Waals surface area contributed by atoms with E-state index in [9.17, 15) is 22.4 Å². The van der Waals surface area contributed by atoms with Crippen LogP contribution in [0.3, 0.4) is 0 Å². The van der Waals surface area contributed by atoms with Crippen molar-refractivity contribution >= 4 is 5.91 Å². The summed E-state index contributed by atoms with van der Waals surface area (Å²) in [6.07, 6.45) is -4.05. The highest BCUT2D eigenvalue weighted by Crippen LogP contribution is 2.30. The molecule has 0 bridgehead atoms. The Morgan fingerprint density at radius 1 is 1.28 bits per heavy atom. The highest BCUT2D eigenvalue weighted by Gasteiger charge is 2.38. The lowest BCUT2D eigenvalue weighted by atomic mass is 10.0. The van der Waals surface area contributed by atoms with Crippen LogP contribution in [0.1, 0.15) is 43.4 Å². The van der Waals surface area contributed by atoms with Crippen LogP contribution in [-0.2, 0) is 6.18 Å². The average Bonchev–Trinajstić information content (AvgIpc) is 2.95. The average molecular weight is 359 g/mol. The van der Waals surface area contributed by atoms with Crippen LogP contribution in [0, 0.1) is 11.7 Å². The molecule has 1 unspecified atom stereocenters. The number of hydrogen-bond donors (Lipinski definition) is 1. The maximum atomic E-state index is 14.2. The van der Waals surface area contributed by atoms with Crippen molar-refractivity contribution in [1.82, 2.24) is 15.5 Å². The number of nitrogens with one attached hydrogen (secondary N) is 1. The molecule has 0 spiro atoms. The normalized spacial score (nSPS) is 13.1. The van der Waals surface area contributed by atoms with Gasteiger partial charge in [-0.25, -0.2) is 4.39 Å². The SMILES string of the molecule is CC(C)CC(C)NC(=O)c1ccc(-c2noc(C(F)(F)F)n2)c(F)c1. The predicted octanol–water partition coefficient (Wildman–Crippen LogP) is 4.06. The zero-order valence-electron chi connectivity index (χ0n) is 13.8. The maximum Gasteiger partial charge on any atom is 0.471 e. The first-order chi connectivity index (χ1) is 11.6. The molecular formula is C16H17F4N3O2. The molecule has 1 heterocycles. The van der Waals surface area contributed by atoms with Crippen LogP contribution in [0.4, 0.5) is 17.6 Å². The number of carbonyl (C=O) groups excluding carboxylic acids is 1. The third-order valence-electron chi connectivity index (χ3n) is 3.34. The van der Waals surface area contributed by atoms with Crippen LogP contribution in [0.2, 0.25) is 0 Å². The van der Waals surface area contributed by atoms with Crippen LogP contribution >= 0.6 is 0 Å². The van der Waals surface area contributed by atoms with Crippen LogP contribution < -0.4 is 5.32 Å². The van der Waals surface area contributed by atoms with Crippen molar-refractivity contribution in [1.29, 1.82) is 0 Å². The molecule has 0 saturated carbocycles. The van der Waals surface area contributed by atoms with E-state index in [1.54, 1.807) is 0 Å². The largest absolute Gasteiger partial charge is 0.471 e. The fourth-order valence-corrected chi connectivity index (χ4v) is 2.36. The molecule has 25 heavy (non-hydrogen) atoms. The standard InChI is InChI=1S/C16H17F4N3O2/c1-8(2)6-9(3)21-14(24)10-4-5-11(12(17)7-10)13-22-15(25-23-13)16(18,19)20/h4-5,7-9H,6H2,1-3H3,(H,21,24). The summed E-state index contributed by atoms with van der Waals surface area (Å²) in [5, 5.41) is 5.86. The first-order valence-corrected chi connectivity index (χ1v) is 7.59. The minimum atomic E-state index is -4.81. The highest BCUT2D eigenvalue weighted by molar-refractivity contribution is 5.94. The van der Waals surface area contributed by atoms with Crippen LogP contribution in [0.15, 0.2) is 22.7 Å². The van der Waals surface area contributed by atoms with Crippen molar-refractivity contribution in [3.63, 3.8) is 0 Å². The van der Waals surface area contributed by atoms with Crippen LogP contribution in [0.25, 0.3) is 11.4 Å². The van der Waals surface area contributed by atoms with Gasteiger partial charge >= 0.3 is 12.1 Å². The number of amides is 1. The molecule has 0 radical (unpaired) electrons. The molecule has 5 nitrogen and oxygen atoms in total. The number of carbonyl (C=O) groups is 1. The summed E-state index contributed by atoms with van der Waals surface area (Å²) >= 11 is 0. The molecular weight excluding hydrogens is 342 g/mol. The third kappa shape index (κ3) is 4.77. The summed E-state index contributed by atoms with van der Waals surface area (Å²) in [5.74, 6) is -3.10. The van der Waals surface area contributed by atoms with E-state index in [-0.39, 0.29) is 17.2 Å². The molecule has 2 rings (SSSR count). The van der Waals surface area contributed by atoms with Crippen LogP contribution in [-0.4, -0.2) is 22.1 Å². The third-order valence-corrected chi connectivity index (χ3v) is 3.34. The second-order valence-corrected chi connectivity index (χ2v) is 6.12. The second kappa shape index (κ2) is 7.20. The van der Waals surface area contributed by atoms with Gasteiger partial charge in [-0.05, 0) is 37.5 Å². The van der Waals surface area contributed by atoms with Gasteiger partial charge in [0.15, 0.2) is 0 Å². The van der Waals surface area contributed by atoms with Crippen molar-refractivity contribution in [2.75, 3.05) is 0 Å². The summed E-state index contributed by atoms with van der Waals surface area (Å²) in [5.41, 5.74) is -0.234. The van der Waals surface area contributed by atoms with Gasteiger partial charge in [0, 0.05) is 11.6 Å². The minimum absolute atomic E-state index is 0.0522. The topological polar surface area (TPSA) is 68.0 Å². The number of nitrogens with zero attached hydrogens (tertiary/aromatic N) is 2. The molecule has 0 aliphatic heterocycles. The molecule has 1 amide bonds. The van der Waals surface area contributed by atoms with E-state index in [1.165, 1.54) is 6.07 Å². The summed E-state index contributed by atoms with van der Waals surface area (Å²) in [6, 6.07) is 3.26. The van der Waals surface area contributed by atoms with Crippen molar-refractivity contribution in [3.05, 3.63) is 35.5 Å². The zero-order chi connectivity index (χ0) is 18.8. The Hall–Kier alpha value is -2.45. The molecule has 0 aliphatic rings. The van der Waals surface area contributed by atoms with E-state index in [1.807, 2.05) is 20.8 Å². The van der Waals surface area contributed by atoms with Crippen LogP contribution in [0.5, 0.6) is 0 Å². The molecule has 0 fully saturated rings. The maximum absolute atomic E-state index is 14.2. The monoisotopic (exact) mass is 359 g/mol. The number of hydrogen-bond acceptors (Lipinski definition) is 4. The molecule has 0 saturated heterocycles. The van der Waals surface area contributed by atoms with Crippen molar-refractivity contribution in [2.45, 2.75) is 39.4 Å². The molecule has 136 valence electrons. The highest BCUT2D eigenvalue weighted by atomic mass is 19.4. The fourth-order valence-electron chi connectivity index (χ4n) is 2.36. The summed E-state index contributed by atoms with van der Waals surface area (Å²) < 4.78 is 55.6. The van der Waals surface area contributed by atoms with E-state index in [2.05, 4.69) is 20.0 Å². The Morgan fingerprint density at radius 2 is 1.96 bits per heavy atom. The van der Waals surface area contributed by atoms with Crippen molar-refractivity contribution in [3.8, 4) is 11.4 Å². The lowest BCUT2D eigenvalue weighted by molar-refractivity contribution is -0.159. The van der Waals surface area contributed by atoms with E-state index >= 15 is 0 Å². The first-order valence-electron chi connectivity index (χ1n) is 7.59. The summed E-state index contributed by atoms with van der Waals surface area (Å²) in [6.45, 7) is 5.86. The zero-order valence-corrected chi connectivity index (χ0v) is 13.8. The Balaban J connectivity index is 2.18. The number of rotatable bonds is 5. The van der Waals surface area contributed by atoms with Gasteiger partial charge in [-0.3, -0.25) is 4.79 Å². The van der Waals surface area contributed by atoms with Gasteiger partial charge in [-0.1, -0.05) is 19.0 Å². The molecule has 1 atom stereocenters. The second-order valence-electron chi connectivity index (χ2n) is 6.12. The number of halogens is 4. The van der Waals surface area contributed by atoms with Gasteiger partial charge in [0.2, 0.25) is 5.82 Å². The van der Waals surface area contributed by atoms with Gasteiger partial charge in [0.1, 0.15) is 5.82 Å². The van der Waals surface area contributed by atoms with E-state index in [0.29, 0.717) is 5.92 Å². The Labute approximate surface area is 141 Å². The lowest BCUT2D eigenvalue weighted by Crippen LogP contribution is -2.33. The lowest BCUT2D eigenvalue weighted by Gasteiger charge is -2.16. The molecule has 1 aromatic carbocycles. The van der Waals surface area contributed by atoms with Gasteiger partial charge in [0.05, 0.1) is 5.56 Å². The minimum Gasteiger partial charge on any atom is -0.350 e. The Kier molecular flexibility index (Phi) is 5.44. The summed E-state index contributed by atoms with van der Waals surface area (Å²) in [4.78, 5) is 15.2. The summed E-state index contributed by atoms with van der Waals surface area (Å²) in [7, 11) is 0. The predicted molar refractivity (Wildman–Crippen MR) is 81.1 cm³/mol. The number of alkyl halides is 3. The van der Waals surface area contributed by atoms with E-state index in [0.717, 1.165) is 18.6 Å². The quantitative estimate of drug-likeness (QED) is 0.818. The van der Waals surface area contributed by atoms with E-state index in [4.69, 9.17) is 0 Å². The Morgan fingerprint density at radius 3 is 2.48 bits per heavy atom. The number of benzene rings is 1. The van der Waals surface area contributed by atoms with Crippen molar-refractivity contribution in [2.24, 2.45) is 5.92 Å². The van der Waals surface area contributed by atoms with E-state index < -0.39 is 29.6 Å². The van der Waals surface area contributed by atoms with Gasteiger partial charge in [-0.2, -0.15) is 18.2 Å². The number of aromatic nitrogens is 2. The van der Waals surface area contributed by atoms with Crippen molar-refractivity contribution < 1.29 is 26.9 Å². The molecule has 0 aliphatic carbocycles. The first kappa shape index (κ1) is 18.9. The molecule has 2 aromatic rings. The molecule has 1 N–H and O–H groups in total. The molecule has 9 heteroatoms. The van der Waals surface area contributed by atoms with Gasteiger partial charge < -0.3 is 9.84 Å². The Bertz CT molecular complexity index is 756. The fraction of sp³-hybridized carbons (Fsp3) is 0.438.